The average Bonchev–Trinajstić information content (AvgIpc) is 4.04. The molecule has 0 aliphatic carbocycles. The molecule has 0 bridgehead atoms. The van der Waals surface area contributed by atoms with E-state index in [4.69, 9.17) is 14.3 Å². The molecular formula is C52H47N9O7S4. The summed E-state index contributed by atoms with van der Waals surface area (Å²) >= 11 is 5.20. The van der Waals surface area contributed by atoms with Crippen LogP contribution in [0.4, 0.5) is 9.93 Å². The molecule has 2 atom stereocenters. The van der Waals surface area contributed by atoms with Crippen LogP contribution in [0.3, 0.4) is 0 Å². The molecule has 0 saturated carbocycles. The normalized spacial score (nSPS) is 15.9. The van der Waals surface area contributed by atoms with E-state index in [0.717, 1.165) is 22.5 Å². The van der Waals surface area contributed by atoms with Crippen molar-refractivity contribution < 1.29 is 33.5 Å². The zero-order valence-corrected chi connectivity index (χ0v) is 42.5. The lowest BCUT2D eigenvalue weighted by atomic mass is 9.80. The first kappa shape index (κ1) is 49.7. The van der Waals surface area contributed by atoms with Crippen LogP contribution in [0.5, 0.6) is 0 Å². The molecule has 366 valence electrons. The summed E-state index contributed by atoms with van der Waals surface area (Å²) in [5.41, 5.74) is 1.32. The molecule has 0 radical (unpaired) electrons. The highest BCUT2D eigenvalue weighted by Crippen LogP contribution is 2.46. The Kier molecular flexibility index (Phi) is 15.2. The number of hydrogen-bond acceptors (Lipinski definition) is 16. The molecule has 16 nitrogen and oxygen atoms in total. The lowest BCUT2D eigenvalue weighted by Gasteiger charge is -2.49. The number of thioether (sulfide) groups is 3. The van der Waals surface area contributed by atoms with E-state index >= 15 is 0 Å². The van der Waals surface area contributed by atoms with Crippen LogP contribution >= 0.6 is 46.6 Å². The van der Waals surface area contributed by atoms with Gasteiger partial charge in [-0.05, 0) is 42.3 Å². The Balaban J connectivity index is 1.06. The van der Waals surface area contributed by atoms with Gasteiger partial charge in [-0.2, -0.15) is 0 Å². The Labute approximate surface area is 432 Å². The van der Waals surface area contributed by atoms with Crippen LogP contribution < -0.4 is 10.6 Å². The van der Waals surface area contributed by atoms with E-state index in [2.05, 4.69) is 36.3 Å². The summed E-state index contributed by atoms with van der Waals surface area (Å²) in [7, 11) is 1.74. The van der Waals surface area contributed by atoms with Crippen molar-refractivity contribution in [2.24, 2.45) is 12.2 Å². The molecule has 0 spiro atoms. The van der Waals surface area contributed by atoms with Gasteiger partial charge in [0.15, 0.2) is 16.9 Å². The Morgan fingerprint density at radius 3 is 1.89 bits per heavy atom. The van der Waals surface area contributed by atoms with Crippen molar-refractivity contribution in [1.82, 2.24) is 35.4 Å². The number of esters is 1. The number of hydrogen-bond donors (Lipinski definition) is 2. The number of tetrazole rings is 1. The number of ether oxygens (including phenoxy) is 2. The second-order valence-electron chi connectivity index (χ2n) is 17.2. The fourth-order valence-electron chi connectivity index (χ4n) is 7.97. The number of anilines is 1. The number of carbonyl (C=O) groups excluding carboxylic acids is 4. The number of fused-ring (bicyclic) bond motifs is 1. The Hall–Kier alpha value is -7.26. The largest absolute Gasteiger partial charge is 0.448 e. The predicted molar refractivity (Wildman–Crippen MR) is 279 cm³/mol. The molecule has 1 fully saturated rings. The number of β-lactam (4-membered cyclic amide) rings is 1. The van der Waals surface area contributed by atoms with Gasteiger partial charge in [-0.15, -0.1) is 40.0 Å². The lowest BCUT2D eigenvalue weighted by Crippen LogP contribution is -2.71. The molecule has 2 N–H and O–H groups in total. The monoisotopic (exact) mass is 1040 g/mol. The SMILES string of the molecule is Cn1nnnc1SCSC1=C(C(=O)OC(c2ccccc2)c2ccccc2)N2C(=O)[C@@H](NC(=O)/C(=N\OC(c3ccccc3)(c3ccccc3)c3ccccc3)c3csc(NC(=O)OC(C)(C)C)n3)[C@H]2SC1. The van der Waals surface area contributed by atoms with Crippen molar-refractivity contribution in [3.05, 3.63) is 201 Å². The summed E-state index contributed by atoms with van der Waals surface area (Å²) in [5.74, 6) is -1.71. The van der Waals surface area contributed by atoms with Gasteiger partial charge in [0.25, 0.3) is 11.8 Å². The molecule has 20 heteroatoms. The molecule has 2 aliphatic heterocycles. The summed E-state index contributed by atoms with van der Waals surface area (Å²) in [5, 5.41) is 23.9. The highest BCUT2D eigenvalue weighted by Gasteiger charge is 2.55. The molecule has 4 heterocycles. The smallest absolute Gasteiger partial charge is 0.413 e. The molecular weight excluding hydrogens is 991 g/mol. The number of nitrogens with zero attached hydrogens (tertiary/aromatic N) is 7. The summed E-state index contributed by atoms with van der Waals surface area (Å²) in [4.78, 5) is 70.6. The topological polar surface area (TPSA) is 192 Å². The van der Waals surface area contributed by atoms with E-state index in [1.165, 1.54) is 40.2 Å². The number of nitrogens with one attached hydrogen (secondary N) is 2. The average molecular weight is 1040 g/mol. The maximum atomic E-state index is 15.0. The van der Waals surface area contributed by atoms with Gasteiger partial charge in [0.2, 0.25) is 10.8 Å². The zero-order chi connectivity index (χ0) is 50.2. The lowest BCUT2D eigenvalue weighted by molar-refractivity contribution is -0.154. The molecule has 72 heavy (non-hydrogen) atoms. The molecule has 2 aromatic heterocycles. The number of rotatable bonds is 17. The fourth-order valence-corrected chi connectivity index (χ4v) is 12.2. The first-order chi connectivity index (χ1) is 34.9. The predicted octanol–water partition coefficient (Wildman–Crippen LogP) is 9.15. The van der Waals surface area contributed by atoms with Gasteiger partial charge < -0.3 is 19.6 Å². The number of oxime groups is 1. The molecule has 3 amide bonds. The maximum Gasteiger partial charge on any atom is 0.413 e. The second kappa shape index (κ2) is 22.0. The highest BCUT2D eigenvalue weighted by molar-refractivity contribution is 8.18. The van der Waals surface area contributed by atoms with E-state index < -0.39 is 52.6 Å². The van der Waals surface area contributed by atoms with E-state index in [9.17, 15) is 19.2 Å². The van der Waals surface area contributed by atoms with Crippen LogP contribution in [0.25, 0.3) is 0 Å². The third-order valence-corrected chi connectivity index (χ3v) is 15.7. The first-order valence-electron chi connectivity index (χ1n) is 22.6. The number of aryl methyl sites for hydroxylation is 1. The van der Waals surface area contributed by atoms with Crippen LogP contribution in [0, 0.1) is 0 Å². The highest BCUT2D eigenvalue weighted by atomic mass is 32.2. The van der Waals surface area contributed by atoms with Gasteiger partial charge in [-0.3, -0.25) is 19.8 Å². The van der Waals surface area contributed by atoms with Crippen LogP contribution in [0.2, 0.25) is 0 Å². The summed E-state index contributed by atoms with van der Waals surface area (Å²) in [6.45, 7) is 5.22. The Bertz CT molecular complexity index is 2960. The van der Waals surface area contributed by atoms with Crippen LogP contribution in [-0.4, -0.2) is 87.5 Å². The molecule has 2 aliphatic rings. The number of carbonyl (C=O) groups is 4. The standard InChI is InChI=1S/C52H47N9O7S4/c1-51(2,3)67-50(65)55-48-53-38(30-70-48)40(57-68-52(35-24-14-7-15-25-35,36-26-16-8-17-27-36)37-28-18-9-19-29-37)44(62)54-41-45(63)61-42(39(31-69-46(41)61)71-32-72-49-56-58-59-60(49)4)47(64)66-43(33-20-10-5-11-21-33)34-22-12-6-13-23-34/h5-30,41,43,46H,31-32H2,1-4H3,(H,54,62)(H,53,55,65)/b57-40-/t41-,46-/m1/s1. The van der Waals surface area contributed by atoms with Crippen molar-refractivity contribution in [2.45, 2.75) is 54.6 Å². The summed E-state index contributed by atoms with van der Waals surface area (Å²) in [6.07, 6.45) is -1.53. The molecule has 5 aromatic carbocycles. The minimum atomic E-state index is -1.39. The van der Waals surface area contributed by atoms with Crippen molar-refractivity contribution in [3.8, 4) is 0 Å². The summed E-state index contributed by atoms with van der Waals surface area (Å²) in [6, 6.07) is 46.2. The number of amides is 3. The third-order valence-electron chi connectivity index (χ3n) is 11.2. The molecule has 9 rings (SSSR count). The minimum absolute atomic E-state index is 0.0536. The van der Waals surface area contributed by atoms with Gasteiger partial charge in [0, 0.05) is 39.8 Å². The van der Waals surface area contributed by atoms with Gasteiger partial charge in [-0.25, -0.2) is 19.3 Å². The zero-order valence-electron chi connectivity index (χ0n) is 39.3. The van der Waals surface area contributed by atoms with Crippen LogP contribution in [0.15, 0.2) is 178 Å². The van der Waals surface area contributed by atoms with Crippen molar-refractivity contribution in [2.75, 3.05) is 16.2 Å². The summed E-state index contributed by atoms with van der Waals surface area (Å²) < 4.78 is 13.4. The third kappa shape index (κ3) is 11.0. The van der Waals surface area contributed by atoms with E-state index in [1.54, 1.807) is 37.9 Å². The van der Waals surface area contributed by atoms with Crippen molar-refractivity contribution in [1.29, 1.82) is 0 Å². The van der Waals surface area contributed by atoms with Crippen molar-refractivity contribution in [3.63, 3.8) is 0 Å². The van der Waals surface area contributed by atoms with Crippen LogP contribution in [-0.2, 0) is 41.3 Å². The molecule has 7 aromatic rings. The minimum Gasteiger partial charge on any atom is -0.448 e. The number of aromatic nitrogens is 5. The molecule has 0 unspecified atom stereocenters. The fraction of sp³-hybridized carbons (Fsp3) is 0.212. The Morgan fingerprint density at radius 2 is 1.36 bits per heavy atom. The van der Waals surface area contributed by atoms with E-state index in [1.807, 2.05) is 152 Å². The van der Waals surface area contributed by atoms with Gasteiger partial charge in [-0.1, -0.05) is 169 Å². The van der Waals surface area contributed by atoms with Crippen molar-refractivity contribution >= 4 is 81.3 Å². The van der Waals surface area contributed by atoms with Gasteiger partial charge in [0.05, 0.1) is 5.08 Å². The number of benzene rings is 5. The Morgan fingerprint density at radius 1 is 0.806 bits per heavy atom. The van der Waals surface area contributed by atoms with E-state index in [0.29, 0.717) is 37.6 Å². The second-order valence-corrected chi connectivity index (χ2v) is 21.5. The number of thiazole rings is 1. The quantitative estimate of drug-likeness (QED) is 0.0167. The van der Waals surface area contributed by atoms with Gasteiger partial charge >= 0.3 is 12.1 Å². The van der Waals surface area contributed by atoms with Crippen LogP contribution in [0.1, 0.15) is 60.4 Å². The first-order valence-corrected chi connectivity index (χ1v) is 26.5. The van der Waals surface area contributed by atoms with Gasteiger partial charge in [0.1, 0.15) is 28.4 Å². The molecule has 1 saturated heterocycles. The maximum absolute atomic E-state index is 15.0. The van der Waals surface area contributed by atoms with E-state index in [-0.39, 0.29) is 22.2 Å².